The number of carbonyl (C=O) groups is 1. The first-order valence-corrected chi connectivity index (χ1v) is 9.79. The number of aromatic nitrogens is 2. The zero-order valence-corrected chi connectivity index (χ0v) is 16.5. The molecule has 154 valence electrons. The van der Waals surface area contributed by atoms with Gasteiger partial charge in [0.1, 0.15) is 17.9 Å². The molecule has 1 unspecified atom stereocenters. The van der Waals surface area contributed by atoms with E-state index in [0.717, 1.165) is 24.0 Å². The number of nitrogens with one attached hydrogen (secondary N) is 1. The average molecular weight is 402 g/mol. The summed E-state index contributed by atoms with van der Waals surface area (Å²) in [5.41, 5.74) is 2.19. The fourth-order valence-corrected chi connectivity index (χ4v) is 3.49. The third kappa shape index (κ3) is 4.53. The minimum atomic E-state index is -2.89. The van der Waals surface area contributed by atoms with E-state index < -0.39 is 12.0 Å². The second kappa shape index (κ2) is 7.67. The molecule has 1 aliphatic heterocycles. The molecule has 2 aromatic rings. The molecule has 1 aromatic carbocycles. The summed E-state index contributed by atoms with van der Waals surface area (Å²) in [6.45, 7) is 2.10. The molecule has 1 aliphatic carbocycles. The van der Waals surface area contributed by atoms with Crippen molar-refractivity contribution in [2.75, 3.05) is 25.5 Å². The number of hydrogen-bond donors (Lipinski definition) is 1. The molecule has 1 amide bonds. The first kappa shape index (κ1) is 19.7. The highest BCUT2D eigenvalue weighted by Gasteiger charge is 2.45. The van der Waals surface area contributed by atoms with Crippen LogP contribution in [-0.4, -0.2) is 52.9 Å². The molecular weight excluding hydrogens is 378 g/mol. The first-order valence-electron chi connectivity index (χ1n) is 9.79. The lowest BCUT2D eigenvalue weighted by atomic mass is 10.0. The molecule has 8 heteroatoms. The third-order valence-corrected chi connectivity index (χ3v) is 5.33. The molecular formula is C21H24F2N4O2. The Morgan fingerprint density at radius 2 is 2.03 bits per heavy atom. The number of halogens is 2. The molecule has 2 aliphatic rings. The van der Waals surface area contributed by atoms with Crippen LogP contribution in [0.5, 0.6) is 5.75 Å². The number of aryl methyl sites for hydroxylation is 1. The van der Waals surface area contributed by atoms with Crippen molar-refractivity contribution in [1.29, 1.82) is 0 Å². The Morgan fingerprint density at radius 3 is 2.72 bits per heavy atom. The van der Waals surface area contributed by atoms with E-state index >= 15 is 0 Å². The number of carbonyl (C=O) groups excluding carboxylic acids is 1. The number of ether oxygens (including phenoxy) is 1. The van der Waals surface area contributed by atoms with Crippen molar-refractivity contribution in [3.8, 4) is 17.0 Å². The smallest absolute Gasteiger partial charge is 0.296 e. The van der Waals surface area contributed by atoms with Crippen molar-refractivity contribution in [2.24, 2.45) is 5.92 Å². The maximum absolute atomic E-state index is 14.3. The summed E-state index contributed by atoms with van der Waals surface area (Å²) >= 11 is 0. The van der Waals surface area contributed by atoms with E-state index in [1.807, 2.05) is 13.0 Å². The van der Waals surface area contributed by atoms with Gasteiger partial charge in [-0.3, -0.25) is 4.79 Å². The van der Waals surface area contributed by atoms with Crippen LogP contribution in [0.15, 0.2) is 30.6 Å². The van der Waals surface area contributed by atoms with Crippen LogP contribution in [0.3, 0.4) is 0 Å². The highest BCUT2D eigenvalue weighted by Crippen LogP contribution is 2.33. The Hall–Kier alpha value is -2.61. The van der Waals surface area contributed by atoms with Gasteiger partial charge in [-0.25, -0.2) is 18.7 Å². The predicted octanol–water partition coefficient (Wildman–Crippen LogP) is 3.52. The largest absolute Gasteiger partial charge is 0.484 e. The van der Waals surface area contributed by atoms with Crippen LogP contribution in [0, 0.1) is 12.8 Å². The molecule has 2 fully saturated rings. The first-order chi connectivity index (χ1) is 13.8. The Bertz CT molecular complexity index is 917. The highest BCUT2D eigenvalue weighted by molar-refractivity contribution is 5.93. The number of amides is 1. The monoisotopic (exact) mass is 402 g/mol. The van der Waals surface area contributed by atoms with Gasteiger partial charge in [-0.15, -0.1) is 0 Å². The van der Waals surface area contributed by atoms with Gasteiger partial charge in [-0.2, -0.15) is 0 Å². The molecule has 0 bridgehead atoms. The molecule has 1 saturated heterocycles. The van der Waals surface area contributed by atoms with Gasteiger partial charge >= 0.3 is 0 Å². The van der Waals surface area contributed by atoms with E-state index in [2.05, 4.69) is 15.3 Å². The van der Waals surface area contributed by atoms with Gasteiger partial charge in [0, 0.05) is 30.5 Å². The fraction of sp³-hybridized carbons (Fsp3) is 0.476. The molecule has 29 heavy (non-hydrogen) atoms. The van der Waals surface area contributed by atoms with Gasteiger partial charge in [0.05, 0.1) is 12.2 Å². The number of nitrogens with zero attached hydrogens (tertiary/aromatic N) is 3. The maximum atomic E-state index is 14.3. The van der Waals surface area contributed by atoms with Crippen LogP contribution in [0.2, 0.25) is 0 Å². The lowest BCUT2D eigenvalue weighted by Crippen LogP contribution is -2.52. The summed E-state index contributed by atoms with van der Waals surface area (Å²) in [7, 11) is 1.69. The third-order valence-electron chi connectivity index (χ3n) is 5.33. The molecule has 0 radical (unpaired) electrons. The lowest BCUT2D eigenvalue weighted by Gasteiger charge is -2.36. The Morgan fingerprint density at radius 1 is 1.24 bits per heavy atom. The van der Waals surface area contributed by atoms with E-state index in [1.165, 1.54) is 6.33 Å². The van der Waals surface area contributed by atoms with Crippen molar-refractivity contribution >= 4 is 11.7 Å². The average Bonchev–Trinajstić information content (AvgIpc) is 3.50. The Kier molecular flexibility index (Phi) is 5.21. The van der Waals surface area contributed by atoms with E-state index in [-0.39, 0.29) is 24.8 Å². The predicted molar refractivity (Wildman–Crippen MR) is 105 cm³/mol. The van der Waals surface area contributed by atoms with Crippen LogP contribution in [0.4, 0.5) is 14.6 Å². The van der Waals surface area contributed by atoms with Gasteiger partial charge in [0.2, 0.25) is 5.91 Å². The molecule has 1 saturated carbocycles. The van der Waals surface area contributed by atoms with Gasteiger partial charge < -0.3 is 15.0 Å². The number of piperidine rings is 1. The molecule has 4 rings (SSSR count). The summed E-state index contributed by atoms with van der Waals surface area (Å²) in [6, 6.07) is 7.03. The van der Waals surface area contributed by atoms with Crippen LogP contribution < -0.4 is 10.1 Å². The van der Waals surface area contributed by atoms with Gasteiger partial charge in [0.15, 0.2) is 6.10 Å². The molecule has 1 atom stereocenters. The number of likely N-dealkylation sites (tertiary alicyclic amines) is 1. The molecule has 0 spiro atoms. The Balaban J connectivity index is 1.49. The SMILES string of the molecule is Cc1cc(-c2cc(NC(=O)C3CC3)ncn2)ccc1OC1CCN(C)CC1(F)F. The summed E-state index contributed by atoms with van der Waals surface area (Å²) in [5, 5.41) is 2.80. The number of hydrogen-bond acceptors (Lipinski definition) is 5. The summed E-state index contributed by atoms with van der Waals surface area (Å²) in [6.07, 6.45) is 2.38. The number of anilines is 1. The fourth-order valence-electron chi connectivity index (χ4n) is 3.49. The van der Waals surface area contributed by atoms with Gasteiger partial charge in [-0.05, 0) is 50.6 Å². The van der Waals surface area contributed by atoms with Crippen molar-refractivity contribution in [3.05, 3.63) is 36.2 Å². The Labute approximate surface area is 168 Å². The molecule has 2 heterocycles. The zero-order valence-electron chi connectivity index (χ0n) is 16.5. The minimum Gasteiger partial charge on any atom is -0.484 e. The van der Waals surface area contributed by atoms with Crippen LogP contribution >= 0.6 is 0 Å². The topological polar surface area (TPSA) is 67.3 Å². The van der Waals surface area contributed by atoms with E-state index in [4.69, 9.17) is 4.74 Å². The van der Waals surface area contributed by atoms with Gasteiger partial charge in [-0.1, -0.05) is 0 Å². The van der Waals surface area contributed by atoms with Crippen molar-refractivity contribution < 1.29 is 18.3 Å². The summed E-state index contributed by atoms with van der Waals surface area (Å²) in [4.78, 5) is 21.9. The summed E-state index contributed by atoms with van der Waals surface area (Å²) < 4.78 is 34.2. The molecule has 6 nitrogen and oxygen atoms in total. The van der Waals surface area contributed by atoms with E-state index in [0.29, 0.717) is 23.8 Å². The van der Waals surface area contributed by atoms with Crippen molar-refractivity contribution in [2.45, 2.75) is 38.2 Å². The second-order valence-electron chi connectivity index (χ2n) is 7.93. The number of rotatable bonds is 5. The van der Waals surface area contributed by atoms with Gasteiger partial charge in [0.25, 0.3) is 5.92 Å². The van der Waals surface area contributed by atoms with Crippen LogP contribution in [-0.2, 0) is 4.79 Å². The molecule has 1 N–H and O–H groups in total. The minimum absolute atomic E-state index is 0.0198. The lowest BCUT2D eigenvalue weighted by molar-refractivity contribution is -0.135. The normalized spacial score (nSPS) is 21.6. The van der Waals surface area contributed by atoms with Crippen molar-refractivity contribution in [3.63, 3.8) is 0 Å². The second-order valence-corrected chi connectivity index (χ2v) is 7.93. The highest BCUT2D eigenvalue weighted by atomic mass is 19.3. The number of alkyl halides is 2. The zero-order chi connectivity index (χ0) is 20.6. The summed E-state index contributed by atoms with van der Waals surface area (Å²) in [5.74, 6) is -1.92. The van der Waals surface area contributed by atoms with Crippen LogP contribution in [0.25, 0.3) is 11.3 Å². The van der Waals surface area contributed by atoms with E-state index in [1.54, 1.807) is 30.1 Å². The van der Waals surface area contributed by atoms with Crippen molar-refractivity contribution in [1.82, 2.24) is 14.9 Å². The van der Waals surface area contributed by atoms with E-state index in [9.17, 15) is 13.6 Å². The quantitative estimate of drug-likeness (QED) is 0.829. The standard InChI is InChI=1S/C21H24F2N4O2/c1-13-9-15(16-10-19(25-12-24-16)26-20(28)14-3-4-14)5-6-17(13)29-18-7-8-27(2)11-21(18,22)23/h5-6,9-10,12,14,18H,3-4,7-8,11H2,1-2H3,(H,24,25,26,28). The maximum Gasteiger partial charge on any atom is 0.296 e. The number of benzene rings is 1. The molecule has 1 aromatic heterocycles. The van der Waals surface area contributed by atoms with Crippen LogP contribution in [0.1, 0.15) is 24.8 Å².